The van der Waals surface area contributed by atoms with E-state index in [1.54, 1.807) is 19.1 Å². The molecule has 0 unspecified atom stereocenters. The van der Waals surface area contributed by atoms with Gasteiger partial charge in [0.1, 0.15) is 12.4 Å². The van der Waals surface area contributed by atoms with Crippen molar-refractivity contribution in [2.75, 3.05) is 13.2 Å². The van der Waals surface area contributed by atoms with Gasteiger partial charge in [-0.2, -0.15) is 0 Å². The number of ether oxygens (including phenoxy) is 1. The second-order valence-electron chi connectivity index (χ2n) is 2.98. The van der Waals surface area contributed by atoms with Crippen LogP contribution in [-0.2, 0) is 4.74 Å². The Morgan fingerprint density at radius 2 is 2.31 bits per heavy atom. The van der Waals surface area contributed by atoms with E-state index in [4.69, 9.17) is 15.9 Å². The van der Waals surface area contributed by atoms with Crippen LogP contribution in [0.4, 0.5) is 0 Å². The number of hydrogen-bond donors (Lipinski definition) is 3. The highest BCUT2D eigenvalue weighted by atomic mass is 16.5. The fraction of sp³-hybridized carbons (Fsp3) is 0.273. The molecule has 0 aliphatic heterocycles. The molecular weight excluding hydrogens is 204 g/mol. The minimum absolute atomic E-state index is 0.344. The van der Waals surface area contributed by atoms with Crippen molar-refractivity contribution in [3.8, 4) is 0 Å². The van der Waals surface area contributed by atoms with Crippen LogP contribution in [0.5, 0.6) is 0 Å². The monoisotopic (exact) mass is 222 g/mol. The zero-order chi connectivity index (χ0) is 12.4. The maximum absolute atomic E-state index is 6.83. The van der Waals surface area contributed by atoms with E-state index >= 15 is 0 Å². The number of rotatable bonds is 7. The number of nitrogens with two attached hydrogens (primary N) is 1. The molecule has 88 valence electrons. The normalized spacial score (nSPS) is 11.8. The Bertz CT molecular complexity index is 318. The van der Waals surface area contributed by atoms with Gasteiger partial charge >= 0.3 is 0 Å². The molecule has 0 aromatic rings. The van der Waals surface area contributed by atoms with Gasteiger partial charge in [-0.15, -0.1) is 0 Å². The van der Waals surface area contributed by atoms with Crippen LogP contribution in [0.3, 0.4) is 0 Å². The van der Waals surface area contributed by atoms with E-state index in [0.29, 0.717) is 30.4 Å². The lowest BCUT2D eigenvalue weighted by molar-refractivity contribution is 0.244. The molecule has 5 heteroatoms. The average Bonchev–Trinajstić information content (AvgIpc) is 2.22. The van der Waals surface area contributed by atoms with Crippen molar-refractivity contribution >= 4 is 12.2 Å². The molecule has 5 nitrogen and oxygen atoms in total. The van der Waals surface area contributed by atoms with Crippen LogP contribution in [-0.4, -0.2) is 25.3 Å². The minimum atomic E-state index is 0.344. The summed E-state index contributed by atoms with van der Waals surface area (Å²) in [6.45, 7) is 9.61. The van der Waals surface area contributed by atoms with Crippen LogP contribution in [0, 0.1) is 5.41 Å². The Kier molecular flexibility index (Phi) is 7.23. The Hall–Kier alpha value is -2.04. The van der Waals surface area contributed by atoms with Gasteiger partial charge in [-0.3, -0.25) is 10.4 Å². The first-order valence-electron chi connectivity index (χ1n) is 4.75. The molecule has 0 spiro atoms. The molecule has 0 amide bonds. The van der Waals surface area contributed by atoms with Crippen LogP contribution in [0.15, 0.2) is 41.8 Å². The van der Waals surface area contributed by atoms with Crippen molar-refractivity contribution < 1.29 is 4.74 Å². The van der Waals surface area contributed by atoms with Crippen LogP contribution in [0.25, 0.3) is 0 Å². The maximum Gasteiger partial charge on any atom is 0.120 e. The molecule has 16 heavy (non-hydrogen) atoms. The molecule has 0 saturated heterocycles. The Balaban J connectivity index is 4.42. The van der Waals surface area contributed by atoms with Gasteiger partial charge in [-0.25, -0.2) is 0 Å². The molecule has 0 aromatic carbocycles. The summed E-state index contributed by atoms with van der Waals surface area (Å²) in [7, 11) is 0. The number of allylic oxidation sites excluding steroid dienone is 1. The van der Waals surface area contributed by atoms with Gasteiger partial charge in [-0.1, -0.05) is 19.2 Å². The molecule has 0 bridgehead atoms. The topological polar surface area (TPSA) is 83.5 Å². The highest BCUT2D eigenvalue weighted by Gasteiger charge is 1.97. The summed E-state index contributed by atoms with van der Waals surface area (Å²) in [5, 5.41) is 9.48. The van der Waals surface area contributed by atoms with Gasteiger partial charge in [0.25, 0.3) is 0 Å². The lowest BCUT2D eigenvalue weighted by Crippen LogP contribution is -2.18. The molecular formula is C11H18N4O. The third-order valence-corrected chi connectivity index (χ3v) is 1.49. The SMILES string of the molecule is C=CCO/C(=C/C(=C)N)CN=C(C)NC=N. The van der Waals surface area contributed by atoms with E-state index in [0.717, 1.165) is 6.34 Å². The molecule has 0 aliphatic rings. The van der Waals surface area contributed by atoms with Crippen molar-refractivity contribution in [3.05, 3.63) is 36.8 Å². The van der Waals surface area contributed by atoms with E-state index in [1.165, 1.54) is 0 Å². The predicted molar refractivity (Wildman–Crippen MR) is 67.5 cm³/mol. The van der Waals surface area contributed by atoms with Gasteiger partial charge in [0.05, 0.1) is 18.7 Å². The van der Waals surface area contributed by atoms with Crippen LogP contribution in [0.1, 0.15) is 6.92 Å². The summed E-state index contributed by atoms with van der Waals surface area (Å²) >= 11 is 0. The first-order chi connectivity index (χ1) is 7.60. The zero-order valence-electron chi connectivity index (χ0n) is 9.49. The molecule has 0 fully saturated rings. The first kappa shape index (κ1) is 14.0. The van der Waals surface area contributed by atoms with Crippen molar-refractivity contribution in [1.82, 2.24) is 5.32 Å². The average molecular weight is 222 g/mol. The molecule has 0 aromatic heterocycles. The quantitative estimate of drug-likeness (QED) is 0.199. The van der Waals surface area contributed by atoms with E-state index in [1.807, 2.05) is 0 Å². The predicted octanol–water partition coefficient (Wildman–Crippen LogP) is 1.16. The van der Waals surface area contributed by atoms with Gasteiger partial charge in [-0.05, 0) is 6.92 Å². The number of nitrogens with zero attached hydrogens (tertiary/aromatic N) is 1. The van der Waals surface area contributed by atoms with Gasteiger partial charge in [0, 0.05) is 11.8 Å². The van der Waals surface area contributed by atoms with Crippen molar-refractivity contribution in [2.24, 2.45) is 10.7 Å². The van der Waals surface area contributed by atoms with Crippen LogP contribution >= 0.6 is 0 Å². The first-order valence-corrected chi connectivity index (χ1v) is 4.75. The molecule has 0 radical (unpaired) electrons. The Labute approximate surface area is 95.9 Å². The number of amidine groups is 1. The van der Waals surface area contributed by atoms with Crippen LogP contribution < -0.4 is 11.1 Å². The summed E-state index contributed by atoms with van der Waals surface area (Å²) in [4.78, 5) is 4.15. The fourth-order valence-electron chi connectivity index (χ4n) is 0.852. The minimum Gasteiger partial charge on any atom is -0.492 e. The summed E-state index contributed by atoms with van der Waals surface area (Å²) < 4.78 is 5.34. The number of hydrogen-bond acceptors (Lipinski definition) is 4. The lowest BCUT2D eigenvalue weighted by atomic mass is 10.4. The lowest BCUT2D eigenvalue weighted by Gasteiger charge is -2.07. The smallest absolute Gasteiger partial charge is 0.120 e. The summed E-state index contributed by atoms with van der Waals surface area (Å²) in [5.41, 5.74) is 5.86. The van der Waals surface area contributed by atoms with Crippen molar-refractivity contribution in [1.29, 1.82) is 5.41 Å². The van der Waals surface area contributed by atoms with E-state index in [9.17, 15) is 0 Å². The van der Waals surface area contributed by atoms with Gasteiger partial charge in [0.2, 0.25) is 0 Å². The van der Waals surface area contributed by atoms with E-state index in [-0.39, 0.29) is 0 Å². The largest absolute Gasteiger partial charge is 0.492 e. The molecule has 4 N–H and O–H groups in total. The zero-order valence-corrected chi connectivity index (χ0v) is 9.49. The molecule has 0 atom stereocenters. The van der Waals surface area contributed by atoms with Gasteiger partial charge in [0.15, 0.2) is 0 Å². The fourth-order valence-corrected chi connectivity index (χ4v) is 0.852. The molecule has 0 rings (SSSR count). The van der Waals surface area contributed by atoms with Crippen molar-refractivity contribution in [3.63, 3.8) is 0 Å². The highest BCUT2D eigenvalue weighted by molar-refractivity contribution is 5.89. The second kappa shape index (κ2) is 8.28. The summed E-state index contributed by atoms with van der Waals surface area (Å²) in [6.07, 6.45) is 4.32. The highest BCUT2D eigenvalue weighted by Crippen LogP contribution is 2.01. The van der Waals surface area contributed by atoms with E-state index < -0.39 is 0 Å². The third-order valence-electron chi connectivity index (χ3n) is 1.49. The molecule has 0 heterocycles. The third kappa shape index (κ3) is 7.37. The van der Waals surface area contributed by atoms with Crippen molar-refractivity contribution in [2.45, 2.75) is 6.92 Å². The molecule has 0 aliphatic carbocycles. The second-order valence-corrected chi connectivity index (χ2v) is 2.98. The van der Waals surface area contributed by atoms with Gasteiger partial charge < -0.3 is 15.8 Å². The number of aliphatic imine (C=N–C) groups is 1. The summed E-state index contributed by atoms with van der Waals surface area (Å²) in [6, 6.07) is 0. The van der Waals surface area contributed by atoms with E-state index in [2.05, 4.69) is 23.5 Å². The van der Waals surface area contributed by atoms with Crippen LogP contribution in [0.2, 0.25) is 0 Å². The standard InChI is InChI=1S/C11H18N4O/c1-4-5-16-11(6-9(2)13)7-14-10(3)15-8-12/h4,6,8H,1-2,5,7,13H2,3H3,(H2,12,14,15)/b11-6+. The Morgan fingerprint density at radius 1 is 1.62 bits per heavy atom. The maximum atomic E-state index is 6.83. The number of nitrogens with one attached hydrogen (secondary N) is 2. The molecule has 0 saturated carbocycles. The Morgan fingerprint density at radius 3 is 2.81 bits per heavy atom. The summed E-state index contributed by atoms with van der Waals surface area (Å²) in [5.74, 6) is 1.24.